The summed E-state index contributed by atoms with van der Waals surface area (Å²) >= 11 is 0. The fourth-order valence-electron chi connectivity index (χ4n) is 2.40. The number of amides is 2. The van der Waals surface area contributed by atoms with E-state index in [4.69, 9.17) is 9.26 Å². The van der Waals surface area contributed by atoms with Crippen molar-refractivity contribution in [3.63, 3.8) is 0 Å². The molecule has 10 nitrogen and oxygen atoms in total. The SMILES string of the molecule is CCC(NC(=O)Nc1cc(-n2cnnc2)ccc1OC)c1nc(C)no1. The third-order valence-corrected chi connectivity index (χ3v) is 3.70. The molecule has 136 valence electrons. The first-order valence-electron chi connectivity index (χ1n) is 8.01. The van der Waals surface area contributed by atoms with Gasteiger partial charge in [0.05, 0.1) is 18.5 Å². The number of hydrogen-bond donors (Lipinski definition) is 2. The number of nitrogens with one attached hydrogen (secondary N) is 2. The van der Waals surface area contributed by atoms with E-state index >= 15 is 0 Å². The number of aryl methyl sites for hydroxylation is 1. The number of nitrogens with zero attached hydrogens (tertiary/aromatic N) is 5. The van der Waals surface area contributed by atoms with Crippen molar-refractivity contribution < 1.29 is 14.1 Å². The van der Waals surface area contributed by atoms with Gasteiger partial charge in [0.15, 0.2) is 5.82 Å². The van der Waals surface area contributed by atoms with Gasteiger partial charge in [-0.2, -0.15) is 4.98 Å². The van der Waals surface area contributed by atoms with Gasteiger partial charge in [-0.15, -0.1) is 10.2 Å². The van der Waals surface area contributed by atoms with Gasteiger partial charge in [0.1, 0.15) is 24.4 Å². The van der Waals surface area contributed by atoms with Crippen LogP contribution in [0.4, 0.5) is 10.5 Å². The van der Waals surface area contributed by atoms with Gasteiger partial charge in [-0.3, -0.25) is 4.57 Å². The van der Waals surface area contributed by atoms with E-state index in [2.05, 4.69) is 31.0 Å². The summed E-state index contributed by atoms with van der Waals surface area (Å²) in [5.74, 6) is 1.41. The maximum Gasteiger partial charge on any atom is 0.319 e. The molecule has 0 bridgehead atoms. The van der Waals surface area contributed by atoms with E-state index in [9.17, 15) is 4.79 Å². The Kier molecular flexibility index (Phi) is 5.11. The van der Waals surface area contributed by atoms with E-state index in [0.717, 1.165) is 5.69 Å². The number of anilines is 1. The summed E-state index contributed by atoms with van der Waals surface area (Å²) in [6, 6.07) is 4.56. The summed E-state index contributed by atoms with van der Waals surface area (Å²) in [6.45, 7) is 3.64. The summed E-state index contributed by atoms with van der Waals surface area (Å²) in [7, 11) is 1.53. The van der Waals surface area contributed by atoms with Crippen molar-refractivity contribution in [3.05, 3.63) is 42.6 Å². The highest BCUT2D eigenvalue weighted by atomic mass is 16.5. The molecule has 0 spiro atoms. The normalized spacial score (nSPS) is 11.8. The highest BCUT2D eigenvalue weighted by Crippen LogP contribution is 2.27. The number of hydrogen-bond acceptors (Lipinski definition) is 7. The monoisotopic (exact) mass is 357 g/mol. The highest BCUT2D eigenvalue weighted by molar-refractivity contribution is 5.91. The summed E-state index contributed by atoms with van der Waals surface area (Å²) < 4.78 is 12.2. The molecule has 1 aromatic carbocycles. The molecule has 3 rings (SSSR count). The van der Waals surface area contributed by atoms with Crippen molar-refractivity contribution in [1.82, 2.24) is 30.2 Å². The first-order chi connectivity index (χ1) is 12.6. The van der Waals surface area contributed by atoms with Crippen molar-refractivity contribution in [2.75, 3.05) is 12.4 Å². The average Bonchev–Trinajstić information content (AvgIpc) is 3.31. The van der Waals surface area contributed by atoms with Crippen LogP contribution in [0.15, 0.2) is 35.4 Å². The molecular formula is C16H19N7O3. The van der Waals surface area contributed by atoms with E-state index < -0.39 is 6.03 Å². The molecule has 0 saturated heterocycles. The van der Waals surface area contributed by atoms with Gasteiger partial charge in [0.2, 0.25) is 5.89 Å². The van der Waals surface area contributed by atoms with Crippen molar-refractivity contribution >= 4 is 11.7 Å². The van der Waals surface area contributed by atoms with Crippen LogP contribution in [0.25, 0.3) is 5.69 Å². The van der Waals surface area contributed by atoms with E-state index in [-0.39, 0.29) is 6.04 Å². The van der Waals surface area contributed by atoms with Crippen LogP contribution in [0.3, 0.4) is 0 Å². The molecule has 0 fully saturated rings. The lowest BCUT2D eigenvalue weighted by atomic mass is 10.2. The minimum absolute atomic E-state index is 0.366. The summed E-state index contributed by atoms with van der Waals surface area (Å²) in [6.07, 6.45) is 3.74. The number of aromatic nitrogens is 5. The van der Waals surface area contributed by atoms with E-state index in [1.165, 1.54) is 7.11 Å². The largest absolute Gasteiger partial charge is 0.495 e. The molecule has 2 N–H and O–H groups in total. The van der Waals surface area contributed by atoms with Gasteiger partial charge in [0.25, 0.3) is 0 Å². The second-order valence-electron chi connectivity index (χ2n) is 5.49. The minimum atomic E-state index is -0.410. The molecule has 3 aromatic rings. The third kappa shape index (κ3) is 3.79. The third-order valence-electron chi connectivity index (χ3n) is 3.70. The fraction of sp³-hybridized carbons (Fsp3) is 0.312. The van der Waals surface area contributed by atoms with Crippen LogP contribution in [-0.2, 0) is 0 Å². The van der Waals surface area contributed by atoms with Gasteiger partial charge < -0.3 is 19.9 Å². The standard InChI is InChI=1S/C16H19N7O3/c1-4-12(15-19-10(2)22-26-15)20-16(24)21-13-7-11(5-6-14(13)25-3)23-8-17-18-9-23/h5-9,12H,4H2,1-3H3,(H2,20,21,24). The molecular weight excluding hydrogens is 338 g/mol. The summed E-state index contributed by atoms with van der Waals surface area (Å²) in [4.78, 5) is 16.6. The van der Waals surface area contributed by atoms with Crippen molar-refractivity contribution in [2.45, 2.75) is 26.3 Å². The first-order valence-corrected chi connectivity index (χ1v) is 8.01. The van der Waals surface area contributed by atoms with Gasteiger partial charge in [0, 0.05) is 0 Å². The Balaban J connectivity index is 1.76. The van der Waals surface area contributed by atoms with Crippen LogP contribution in [-0.4, -0.2) is 38.0 Å². The molecule has 0 aliphatic rings. The number of carbonyl (C=O) groups is 1. The molecule has 1 atom stereocenters. The van der Waals surface area contributed by atoms with Crippen LogP contribution in [0.2, 0.25) is 0 Å². The van der Waals surface area contributed by atoms with Crippen LogP contribution in [0.5, 0.6) is 5.75 Å². The number of carbonyl (C=O) groups excluding carboxylic acids is 1. The molecule has 1 unspecified atom stereocenters. The fourth-order valence-corrected chi connectivity index (χ4v) is 2.40. The maximum absolute atomic E-state index is 12.4. The van der Waals surface area contributed by atoms with Crippen LogP contribution in [0, 0.1) is 6.92 Å². The zero-order valence-corrected chi connectivity index (χ0v) is 14.6. The molecule has 0 radical (unpaired) electrons. The first kappa shape index (κ1) is 17.4. The summed E-state index contributed by atoms with van der Waals surface area (Å²) in [5, 5.41) is 16.9. The van der Waals surface area contributed by atoms with Gasteiger partial charge in [-0.25, -0.2) is 4.79 Å². The lowest BCUT2D eigenvalue weighted by Gasteiger charge is -2.16. The zero-order chi connectivity index (χ0) is 18.5. The lowest BCUT2D eigenvalue weighted by Crippen LogP contribution is -2.32. The molecule has 0 saturated carbocycles. The van der Waals surface area contributed by atoms with E-state index in [0.29, 0.717) is 29.6 Å². The number of urea groups is 1. The predicted octanol–water partition coefficient (Wildman–Crippen LogP) is 2.24. The van der Waals surface area contributed by atoms with Gasteiger partial charge in [-0.05, 0) is 31.5 Å². The Morgan fingerprint density at radius 1 is 1.35 bits per heavy atom. The van der Waals surface area contributed by atoms with Crippen LogP contribution < -0.4 is 15.4 Å². The molecule has 2 amide bonds. The molecule has 10 heteroatoms. The van der Waals surface area contributed by atoms with Crippen LogP contribution in [0.1, 0.15) is 31.1 Å². The van der Waals surface area contributed by atoms with Gasteiger partial charge in [-0.1, -0.05) is 12.1 Å². The Bertz CT molecular complexity index is 876. The number of ether oxygens (including phenoxy) is 1. The predicted molar refractivity (Wildman–Crippen MR) is 92.1 cm³/mol. The molecule has 2 aromatic heterocycles. The quantitative estimate of drug-likeness (QED) is 0.694. The second-order valence-corrected chi connectivity index (χ2v) is 5.49. The van der Waals surface area contributed by atoms with E-state index in [1.54, 1.807) is 36.3 Å². The number of methoxy groups -OCH3 is 1. The Hall–Kier alpha value is -3.43. The number of rotatable bonds is 6. The Labute approximate surface area is 149 Å². The van der Waals surface area contributed by atoms with Crippen molar-refractivity contribution in [1.29, 1.82) is 0 Å². The lowest BCUT2D eigenvalue weighted by molar-refractivity contribution is 0.243. The second kappa shape index (κ2) is 7.64. The van der Waals surface area contributed by atoms with E-state index in [1.807, 2.05) is 13.0 Å². The van der Waals surface area contributed by atoms with Crippen molar-refractivity contribution in [3.8, 4) is 11.4 Å². The smallest absolute Gasteiger partial charge is 0.319 e. The Morgan fingerprint density at radius 3 is 2.73 bits per heavy atom. The molecule has 0 aliphatic carbocycles. The Morgan fingerprint density at radius 2 is 2.12 bits per heavy atom. The topological polar surface area (TPSA) is 120 Å². The minimum Gasteiger partial charge on any atom is -0.495 e. The highest BCUT2D eigenvalue weighted by Gasteiger charge is 2.19. The number of benzene rings is 1. The molecule has 26 heavy (non-hydrogen) atoms. The van der Waals surface area contributed by atoms with Crippen molar-refractivity contribution in [2.24, 2.45) is 0 Å². The van der Waals surface area contributed by atoms with Gasteiger partial charge >= 0.3 is 6.03 Å². The zero-order valence-electron chi connectivity index (χ0n) is 14.6. The average molecular weight is 357 g/mol. The van der Waals surface area contributed by atoms with Crippen LogP contribution >= 0.6 is 0 Å². The molecule has 0 aliphatic heterocycles. The summed E-state index contributed by atoms with van der Waals surface area (Å²) in [5.41, 5.74) is 1.29. The maximum atomic E-state index is 12.4. The molecule has 2 heterocycles.